The summed E-state index contributed by atoms with van der Waals surface area (Å²) in [6.07, 6.45) is 5.97. The first kappa shape index (κ1) is 31.7. The van der Waals surface area contributed by atoms with Crippen LogP contribution in [-0.4, -0.2) is 47.0 Å². The lowest BCUT2D eigenvalue weighted by Crippen LogP contribution is -2.31. The molecule has 44 heavy (non-hydrogen) atoms. The van der Waals surface area contributed by atoms with E-state index in [0.717, 1.165) is 41.7 Å². The number of piperidine rings is 1. The molecule has 8 nitrogen and oxygen atoms in total. The first-order valence-electron chi connectivity index (χ1n) is 14.6. The fourth-order valence-corrected chi connectivity index (χ4v) is 5.70. The maximum atomic E-state index is 14.9. The van der Waals surface area contributed by atoms with Crippen LogP contribution in [-0.2, 0) is 0 Å². The second-order valence-corrected chi connectivity index (χ2v) is 12.0. The third-order valence-corrected chi connectivity index (χ3v) is 8.12. The Morgan fingerprint density at radius 2 is 1.80 bits per heavy atom. The molecule has 0 saturated carbocycles. The number of ether oxygens (including phenoxy) is 2. The van der Waals surface area contributed by atoms with Crippen molar-refractivity contribution in [2.24, 2.45) is 0 Å². The van der Waals surface area contributed by atoms with Crippen LogP contribution < -0.4 is 20.1 Å². The van der Waals surface area contributed by atoms with Crippen LogP contribution >= 0.6 is 27.5 Å². The lowest BCUT2D eigenvalue weighted by Gasteiger charge is -2.26. The van der Waals surface area contributed by atoms with Gasteiger partial charge in [-0.3, -0.25) is 4.79 Å². The Bertz CT molecular complexity index is 1610. The number of likely N-dealkylation sites (tertiary alicyclic amines) is 1. The Morgan fingerprint density at radius 1 is 1.05 bits per heavy atom. The minimum absolute atomic E-state index is 0.0235. The van der Waals surface area contributed by atoms with E-state index < -0.39 is 11.7 Å². The van der Waals surface area contributed by atoms with E-state index in [0.29, 0.717) is 28.8 Å². The SMILES string of the molecule is Cc1cccc(C)c1NC(=O)c1cnc(Nc2ccc(OCCCN3CCCCC3)c(F)c2)nc1Oc1ccc(Br)cc1Cl. The number of carbonyl (C=O) groups excluding carboxylic acids is 1. The van der Waals surface area contributed by atoms with Crippen molar-refractivity contribution in [3.8, 4) is 17.4 Å². The molecule has 0 atom stereocenters. The number of carbonyl (C=O) groups is 1. The van der Waals surface area contributed by atoms with E-state index in [1.807, 2.05) is 32.0 Å². The van der Waals surface area contributed by atoms with E-state index in [1.165, 1.54) is 31.5 Å². The molecule has 1 aliphatic heterocycles. The fourth-order valence-electron chi connectivity index (χ4n) is 4.99. The monoisotopic (exact) mass is 681 g/mol. The highest BCUT2D eigenvalue weighted by Crippen LogP contribution is 2.34. The van der Waals surface area contributed by atoms with Crippen molar-refractivity contribution in [3.63, 3.8) is 0 Å². The van der Waals surface area contributed by atoms with E-state index in [9.17, 15) is 9.18 Å². The lowest BCUT2D eigenvalue weighted by molar-refractivity contribution is 0.102. The highest BCUT2D eigenvalue weighted by atomic mass is 79.9. The van der Waals surface area contributed by atoms with Gasteiger partial charge in [-0.1, -0.05) is 52.2 Å². The van der Waals surface area contributed by atoms with Gasteiger partial charge in [0.2, 0.25) is 11.8 Å². The van der Waals surface area contributed by atoms with Gasteiger partial charge in [0.15, 0.2) is 11.6 Å². The third-order valence-electron chi connectivity index (χ3n) is 7.33. The topological polar surface area (TPSA) is 88.6 Å². The zero-order valence-electron chi connectivity index (χ0n) is 24.6. The molecular formula is C33H34BrClFN5O3. The Morgan fingerprint density at radius 3 is 2.52 bits per heavy atom. The van der Waals surface area contributed by atoms with E-state index in [1.54, 1.807) is 30.3 Å². The predicted molar refractivity (Wildman–Crippen MR) is 175 cm³/mol. The summed E-state index contributed by atoms with van der Waals surface area (Å²) in [5, 5.41) is 6.25. The van der Waals surface area contributed by atoms with E-state index in [-0.39, 0.29) is 23.1 Å². The van der Waals surface area contributed by atoms with Gasteiger partial charge in [-0.05, 0) is 87.7 Å². The highest BCUT2D eigenvalue weighted by molar-refractivity contribution is 9.10. The smallest absolute Gasteiger partial charge is 0.262 e. The number of benzene rings is 3. The average Bonchev–Trinajstić information content (AvgIpc) is 3.00. The Kier molecular flexibility index (Phi) is 10.7. The van der Waals surface area contributed by atoms with Crippen molar-refractivity contribution in [2.45, 2.75) is 39.5 Å². The Balaban J connectivity index is 1.32. The number of anilines is 3. The summed E-state index contributed by atoms with van der Waals surface area (Å²) in [6, 6.07) is 15.4. The van der Waals surface area contributed by atoms with Gasteiger partial charge in [-0.2, -0.15) is 4.98 Å². The molecule has 1 aliphatic rings. The van der Waals surface area contributed by atoms with E-state index in [4.69, 9.17) is 21.1 Å². The summed E-state index contributed by atoms with van der Waals surface area (Å²) in [6.45, 7) is 7.46. The second kappa shape index (κ2) is 14.8. The molecular weight excluding hydrogens is 649 g/mol. The van der Waals surface area contributed by atoms with Gasteiger partial charge in [0, 0.05) is 34.7 Å². The van der Waals surface area contributed by atoms with Crippen LogP contribution in [0.5, 0.6) is 17.4 Å². The standard InChI is InChI=1S/C33H34BrClFN5O3/c1-21-8-6-9-22(2)30(21)39-31(42)25-20-37-33(40-32(25)44-28-12-10-23(34)18-26(28)35)38-24-11-13-29(27(36)19-24)43-17-7-16-41-14-4-3-5-15-41/h6,8-13,18-20H,3-5,7,14-17H2,1-2H3,(H,39,42)(H,37,38,40). The van der Waals surface area contributed by atoms with Gasteiger partial charge in [0.25, 0.3) is 5.91 Å². The Hall–Kier alpha value is -3.73. The van der Waals surface area contributed by atoms with E-state index in [2.05, 4.69) is 41.4 Å². The molecule has 0 radical (unpaired) electrons. The number of aryl methyl sites for hydroxylation is 2. The summed E-state index contributed by atoms with van der Waals surface area (Å²) in [5.41, 5.74) is 3.01. The van der Waals surface area contributed by atoms with Gasteiger partial charge in [-0.15, -0.1) is 0 Å². The first-order chi connectivity index (χ1) is 21.3. The van der Waals surface area contributed by atoms with Gasteiger partial charge in [-0.25, -0.2) is 9.37 Å². The summed E-state index contributed by atoms with van der Waals surface area (Å²) in [4.78, 5) is 24.6. The number of hydrogen-bond acceptors (Lipinski definition) is 7. The van der Waals surface area contributed by atoms with Crippen LogP contribution in [0.15, 0.2) is 65.3 Å². The second-order valence-electron chi connectivity index (χ2n) is 10.7. The summed E-state index contributed by atoms with van der Waals surface area (Å²) < 4.78 is 27.4. The number of halogens is 3. The Labute approximate surface area is 270 Å². The van der Waals surface area contributed by atoms with Crippen LogP contribution in [0.2, 0.25) is 5.02 Å². The maximum Gasteiger partial charge on any atom is 0.262 e. The molecule has 4 aromatic rings. The molecule has 2 heterocycles. The molecule has 0 bridgehead atoms. The molecule has 230 valence electrons. The van der Waals surface area contributed by atoms with Gasteiger partial charge >= 0.3 is 0 Å². The molecule has 0 aliphatic carbocycles. The predicted octanol–water partition coefficient (Wildman–Crippen LogP) is 8.69. The van der Waals surface area contributed by atoms with Gasteiger partial charge in [0.1, 0.15) is 11.3 Å². The van der Waals surface area contributed by atoms with Crippen molar-refractivity contribution >= 4 is 50.8 Å². The highest BCUT2D eigenvalue weighted by Gasteiger charge is 2.20. The lowest BCUT2D eigenvalue weighted by atomic mass is 10.1. The maximum absolute atomic E-state index is 14.9. The number of amides is 1. The van der Waals surface area contributed by atoms with Crippen molar-refractivity contribution < 1.29 is 18.7 Å². The van der Waals surface area contributed by atoms with Crippen LogP contribution in [0.25, 0.3) is 0 Å². The first-order valence-corrected chi connectivity index (χ1v) is 15.7. The summed E-state index contributed by atoms with van der Waals surface area (Å²) >= 11 is 9.78. The summed E-state index contributed by atoms with van der Waals surface area (Å²) in [5.74, 6) is -0.396. The van der Waals surface area contributed by atoms with Crippen LogP contribution in [0.3, 0.4) is 0 Å². The number of aromatic nitrogens is 2. The van der Waals surface area contributed by atoms with Crippen LogP contribution in [0, 0.1) is 19.7 Å². The zero-order chi connectivity index (χ0) is 31.1. The molecule has 3 aromatic carbocycles. The van der Waals surface area contributed by atoms with Crippen LogP contribution in [0.4, 0.5) is 21.7 Å². The molecule has 0 spiro atoms. The molecule has 5 rings (SSSR count). The zero-order valence-corrected chi connectivity index (χ0v) is 27.0. The molecule has 0 unspecified atom stereocenters. The molecule has 2 N–H and O–H groups in total. The number of hydrogen-bond donors (Lipinski definition) is 2. The van der Waals surface area contributed by atoms with Crippen molar-refractivity contribution in [3.05, 3.63) is 92.8 Å². The molecule has 1 fully saturated rings. The van der Waals surface area contributed by atoms with Crippen molar-refractivity contribution in [1.82, 2.24) is 14.9 Å². The largest absolute Gasteiger partial charge is 0.490 e. The molecule has 1 aromatic heterocycles. The van der Waals surface area contributed by atoms with Crippen LogP contribution in [0.1, 0.15) is 47.2 Å². The minimum Gasteiger partial charge on any atom is -0.490 e. The van der Waals surface area contributed by atoms with Crippen molar-refractivity contribution in [1.29, 1.82) is 0 Å². The van der Waals surface area contributed by atoms with Gasteiger partial charge in [0.05, 0.1) is 11.6 Å². The number of nitrogens with zero attached hydrogens (tertiary/aromatic N) is 3. The minimum atomic E-state index is -0.504. The molecule has 11 heteroatoms. The quantitative estimate of drug-likeness (QED) is 0.153. The fraction of sp³-hybridized carbons (Fsp3) is 0.303. The number of nitrogens with one attached hydrogen (secondary N) is 2. The molecule has 1 saturated heterocycles. The van der Waals surface area contributed by atoms with E-state index >= 15 is 0 Å². The van der Waals surface area contributed by atoms with Gasteiger partial charge < -0.3 is 25.0 Å². The average molecular weight is 683 g/mol. The normalized spacial score (nSPS) is 13.4. The molecule has 1 amide bonds. The third kappa shape index (κ3) is 8.25. The number of para-hydroxylation sites is 1. The summed E-state index contributed by atoms with van der Waals surface area (Å²) in [7, 11) is 0. The van der Waals surface area contributed by atoms with Crippen molar-refractivity contribution in [2.75, 3.05) is 36.9 Å². The number of rotatable bonds is 11.